The maximum absolute atomic E-state index is 12.3. The molecule has 1 amide bonds. The zero-order valence-electron chi connectivity index (χ0n) is 13.9. The van der Waals surface area contributed by atoms with E-state index in [1.54, 1.807) is 24.5 Å². The number of aromatic nitrogens is 2. The number of nitrogens with zero attached hydrogens (tertiary/aromatic N) is 2. The third-order valence-corrected chi connectivity index (χ3v) is 4.89. The Bertz CT molecular complexity index is 1040. The van der Waals surface area contributed by atoms with Gasteiger partial charge in [0.2, 0.25) is 0 Å². The molecule has 0 aliphatic carbocycles. The Hall–Kier alpha value is -3.19. The van der Waals surface area contributed by atoms with Crippen LogP contribution in [-0.4, -0.2) is 23.2 Å². The van der Waals surface area contributed by atoms with Crippen LogP contribution in [0, 0.1) is 0 Å². The second-order valence-corrected chi connectivity index (χ2v) is 6.65. The van der Waals surface area contributed by atoms with Crippen molar-refractivity contribution < 1.29 is 14.1 Å². The van der Waals surface area contributed by atoms with Gasteiger partial charge < -0.3 is 14.6 Å². The molecule has 0 saturated carbocycles. The fourth-order valence-corrected chi connectivity index (χ4v) is 3.51. The topological polar surface area (TPSA) is 77.2 Å². The molecule has 2 aromatic heterocycles. The van der Waals surface area contributed by atoms with Crippen LogP contribution >= 0.6 is 11.3 Å². The van der Waals surface area contributed by atoms with E-state index in [4.69, 9.17) is 9.26 Å². The van der Waals surface area contributed by atoms with E-state index >= 15 is 0 Å². The van der Waals surface area contributed by atoms with Gasteiger partial charge in [0.15, 0.2) is 11.5 Å². The molecule has 2 heterocycles. The fourth-order valence-electron chi connectivity index (χ4n) is 2.60. The molecule has 0 radical (unpaired) electrons. The van der Waals surface area contributed by atoms with Crippen molar-refractivity contribution in [2.45, 2.75) is 6.54 Å². The van der Waals surface area contributed by atoms with E-state index in [1.807, 2.05) is 48.5 Å². The lowest BCUT2D eigenvalue weighted by Gasteiger charge is -2.03. The average Bonchev–Trinajstić information content (AvgIpc) is 3.33. The second-order valence-electron chi connectivity index (χ2n) is 5.53. The molecule has 0 aliphatic heterocycles. The van der Waals surface area contributed by atoms with Gasteiger partial charge in [-0.25, -0.2) is 4.98 Å². The minimum Gasteiger partial charge on any atom is -0.496 e. The fraction of sp³-hybridized carbons (Fsp3) is 0.105. The summed E-state index contributed by atoms with van der Waals surface area (Å²) in [6.45, 7) is 0.342. The minimum atomic E-state index is -0.311. The summed E-state index contributed by atoms with van der Waals surface area (Å²) < 4.78 is 11.7. The van der Waals surface area contributed by atoms with Crippen molar-refractivity contribution in [1.82, 2.24) is 15.5 Å². The number of fused-ring (bicyclic) bond motifs is 1. The van der Waals surface area contributed by atoms with Crippen LogP contribution in [0.15, 0.2) is 59.1 Å². The van der Waals surface area contributed by atoms with E-state index in [0.717, 1.165) is 20.8 Å². The number of methoxy groups -OCH3 is 1. The highest BCUT2D eigenvalue weighted by Gasteiger charge is 2.16. The number of thiazole rings is 1. The summed E-state index contributed by atoms with van der Waals surface area (Å²) in [5.41, 5.74) is 1.89. The first-order valence-electron chi connectivity index (χ1n) is 7.97. The first-order valence-corrected chi connectivity index (χ1v) is 8.79. The number of ether oxygens (including phenoxy) is 1. The van der Waals surface area contributed by atoms with Gasteiger partial charge in [-0.15, -0.1) is 11.3 Å². The summed E-state index contributed by atoms with van der Waals surface area (Å²) in [5.74, 6) is 0.826. The molecule has 26 heavy (non-hydrogen) atoms. The van der Waals surface area contributed by atoms with Crippen LogP contribution in [0.5, 0.6) is 5.75 Å². The molecule has 0 fully saturated rings. The number of hydrogen-bond donors (Lipinski definition) is 1. The van der Waals surface area contributed by atoms with Crippen molar-refractivity contribution in [3.05, 3.63) is 65.3 Å². The second kappa shape index (κ2) is 6.97. The number of nitrogens with one attached hydrogen (secondary N) is 1. The number of rotatable bonds is 5. The van der Waals surface area contributed by atoms with Crippen LogP contribution in [0.4, 0.5) is 0 Å². The third-order valence-electron chi connectivity index (χ3n) is 3.85. The summed E-state index contributed by atoms with van der Waals surface area (Å²) in [6.07, 6.45) is 0. The Kier molecular flexibility index (Phi) is 4.37. The van der Waals surface area contributed by atoms with E-state index in [-0.39, 0.29) is 11.6 Å². The van der Waals surface area contributed by atoms with Gasteiger partial charge >= 0.3 is 0 Å². The number of amides is 1. The maximum atomic E-state index is 12.3. The standard InChI is InChI=1S/C19H15N3O3S/c1-24-15-8-4-2-6-12(15)16-10-14(22-25-16)19(23)20-11-18-21-13-7-3-5-9-17(13)26-18/h2-10H,11H2,1H3,(H,20,23). The monoisotopic (exact) mass is 365 g/mol. The van der Waals surface area contributed by atoms with Crippen LogP contribution in [0.25, 0.3) is 21.5 Å². The van der Waals surface area contributed by atoms with Crippen molar-refractivity contribution in [3.63, 3.8) is 0 Å². The predicted molar refractivity (Wildman–Crippen MR) is 99.3 cm³/mol. The van der Waals surface area contributed by atoms with Crippen LogP contribution in [-0.2, 0) is 6.54 Å². The molecule has 1 N–H and O–H groups in total. The maximum Gasteiger partial charge on any atom is 0.273 e. The van der Waals surface area contributed by atoms with E-state index in [1.165, 1.54) is 0 Å². The average molecular weight is 365 g/mol. The molecule has 2 aromatic carbocycles. The Morgan fingerprint density at radius 3 is 2.85 bits per heavy atom. The van der Waals surface area contributed by atoms with Crippen LogP contribution in [0.2, 0.25) is 0 Å². The SMILES string of the molecule is COc1ccccc1-c1cc(C(=O)NCc2nc3ccccc3s2)no1. The van der Waals surface area contributed by atoms with E-state index in [2.05, 4.69) is 15.5 Å². The predicted octanol–water partition coefficient (Wildman–Crippen LogP) is 3.89. The molecule has 0 atom stereocenters. The molecule has 6 nitrogen and oxygen atoms in total. The summed E-state index contributed by atoms with van der Waals surface area (Å²) in [7, 11) is 1.58. The lowest BCUT2D eigenvalue weighted by atomic mass is 10.1. The molecule has 4 aromatic rings. The number of carbonyl (C=O) groups excluding carboxylic acids is 1. The van der Waals surface area contributed by atoms with Crippen molar-refractivity contribution in [2.75, 3.05) is 7.11 Å². The summed E-state index contributed by atoms with van der Waals surface area (Å²) >= 11 is 1.56. The van der Waals surface area contributed by atoms with Crippen LogP contribution in [0.1, 0.15) is 15.5 Å². The van der Waals surface area contributed by atoms with Gasteiger partial charge in [-0.05, 0) is 24.3 Å². The van der Waals surface area contributed by atoms with Gasteiger partial charge in [0.25, 0.3) is 5.91 Å². The van der Waals surface area contributed by atoms with Crippen molar-refractivity contribution in [3.8, 4) is 17.1 Å². The molecular weight excluding hydrogens is 350 g/mol. The van der Waals surface area contributed by atoms with Gasteiger partial charge in [-0.1, -0.05) is 29.4 Å². The molecule has 0 unspecified atom stereocenters. The van der Waals surface area contributed by atoms with Gasteiger partial charge in [0, 0.05) is 6.07 Å². The molecule has 0 bridgehead atoms. The van der Waals surface area contributed by atoms with E-state index in [9.17, 15) is 4.79 Å². The molecule has 0 spiro atoms. The van der Waals surface area contributed by atoms with Crippen molar-refractivity contribution in [1.29, 1.82) is 0 Å². The molecule has 4 rings (SSSR count). The Labute approximate surface area is 153 Å². The summed E-state index contributed by atoms with van der Waals surface area (Å²) in [6, 6.07) is 16.9. The third kappa shape index (κ3) is 3.16. The molecule has 0 saturated heterocycles. The van der Waals surface area contributed by atoms with Crippen LogP contribution < -0.4 is 10.1 Å². The number of carbonyl (C=O) groups is 1. The van der Waals surface area contributed by atoms with Gasteiger partial charge in [-0.2, -0.15) is 0 Å². The zero-order valence-corrected chi connectivity index (χ0v) is 14.7. The lowest BCUT2D eigenvalue weighted by molar-refractivity contribution is 0.0942. The number of hydrogen-bond acceptors (Lipinski definition) is 6. The number of para-hydroxylation sites is 2. The number of benzene rings is 2. The lowest BCUT2D eigenvalue weighted by Crippen LogP contribution is -2.22. The van der Waals surface area contributed by atoms with E-state index < -0.39 is 0 Å². The first-order chi connectivity index (χ1) is 12.7. The van der Waals surface area contributed by atoms with Gasteiger partial charge in [0.05, 0.1) is 29.4 Å². The highest BCUT2D eigenvalue weighted by Crippen LogP contribution is 2.30. The largest absolute Gasteiger partial charge is 0.496 e. The zero-order chi connectivity index (χ0) is 17.9. The Morgan fingerprint density at radius 1 is 1.19 bits per heavy atom. The van der Waals surface area contributed by atoms with Crippen molar-refractivity contribution >= 4 is 27.5 Å². The van der Waals surface area contributed by atoms with E-state index in [0.29, 0.717) is 18.1 Å². The Morgan fingerprint density at radius 2 is 2.00 bits per heavy atom. The van der Waals surface area contributed by atoms with Crippen molar-refractivity contribution in [2.24, 2.45) is 0 Å². The van der Waals surface area contributed by atoms with Crippen LogP contribution in [0.3, 0.4) is 0 Å². The molecule has 7 heteroatoms. The minimum absolute atomic E-state index is 0.215. The molecule has 130 valence electrons. The quantitative estimate of drug-likeness (QED) is 0.581. The molecular formula is C19H15N3O3S. The molecule has 0 aliphatic rings. The first kappa shape index (κ1) is 16.3. The Balaban J connectivity index is 1.48. The summed E-state index contributed by atoms with van der Waals surface area (Å²) in [4.78, 5) is 16.8. The van der Waals surface area contributed by atoms with Gasteiger partial charge in [-0.3, -0.25) is 4.79 Å². The van der Waals surface area contributed by atoms with Gasteiger partial charge in [0.1, 0.15) is 10.8 Å². The summed E-state index contributed by atoms with van der Waals surface area (Å²) in [5, 5.41) is 7.53. The normalized spacial score (nSPS) is 10.8. The highest BCUT2D eigenvalue weighted by atomic mass is 32.1. The highest BCUT2D eigenvalue weighted by molar-refractivity contribution is 7.18. The smallest absolute Gasteiger partial charge is 0.273 e.